The standard InChI is InChI=1S/C24H26N4O/c29-24(26-25-17-22-11-6-10-21-9-4-5-12-23(21)22)19-28-15-13-27(14-16-28)18-20-7-2-1-3-8-20/h1-12,17H,13-16,18-19H2,(H,26,29)/b25-17+. The van der Waals surface area contributed by atoms with Crippen molar-refractivity contribution >= 4 is 22.9 Å². The highest BCUT2D eigenvalue weighted by molar-refractivity contribution is 5.99. The third-order valence-electron chi connectivity index (χ3n) is 5.30. The molecule has 0 spiro atoms. The van der Waals surface area contributed by atoms with Crippen molar-refractivity contribution in [1.82, 2.24) is 15.2 Å². The fourth-order valence-electron chi connectivity index (χ4n) is 3.72. The van der Waals surface area contributed by atoms with E-state index < -0.39 is 0 Å². The van der Waals surface area contributed by atoms with Crippen LogP contribution in [0.4, 0.5) is 0 Å². The van der Waals surface area contributed by atoms with Crippen molar-refractivity contribution in [2.75, 3.05) is 32.7 Å². The number of benzene rings is 3. The predicted octanol–water partition coefficient (Wildman–Crippen LogP) is 3.11. The van der Waals surface area contributed by atoms with E-state index in [0.29, 0.717) is 6.54 Å². The van der Waals surface area contributed by atoms with Gasteiger partial charge in [-0.25, -0.2) is 5.43 Å². The molecule has 0 bridgehead atoms. The monoisotopic (exact) mass is 386 g/mol. The third-order valence-corrected chi connectivity index (χ3v) is 5.30. The highest BCUT2D eigenvalue weighted by atomic mass is 16.2. The molecule has 1 N–H and O–H groups in total. The first-order chi connectivity index (χ1) is 14.3. The summed E-state index contributed by atoms with van der Waals surface area (Å²) < 4.78 is 0. The minimum Gasteiger partial charge on any atom is -0.297 e. The number of carbonyl (C=O) groups is 1. The smallest absolute Gasteiger partial charge is 0.254 e. The summed E-state index contributed by atoms with van der Waals surface area (Å²) in [6.45, 7) is 5.09. The first-order valence-corrected chi connectivity index (χ1v) is 10.1. The Bertz CT molecular complexity index is 973. The van der Waals surface area contributed by atoms with Crippen LogP contribution in [0.1, 0.15) is 11.1 Å². The zero-order valence-electron chi connectivity index (χ0n) is 16.5. The number of hydrogen-bond donors (Lipinski definition) is 1. The summed E-state index contributed by atoms with van der Waals surface area (Å²) in [7, 11) is 0. The van der Waals surface area contributed by atoms with Crippen LogP contribution in [0.5, 0.6) is 0 Å². The summed E-state index contributed by atoms with van der Waals surface area (Å²) in [5.41, 5.74) is 5.00. The number of rotatable bonds is 6. The molecule has 1 fully saturated rings. The Kier molecular flexibility index (Phi) is 6.29. The summed E-state index contributed by atoms with van der Waals surface area (Å²) in [5, 5.41) is 6.46. The Morgan fingerprint density at radius 2 is 1.55 bits per heavy atom. The lowest BCUT2D eigenvalue weighted by Gasteiger charge is -2.34. The highest BCUT2D eigenvalue weighted by Gasteiger charge is 2.18. The average Bonchev–Trinajstić information content (AvgIpc) is 2.76. The minimum absolute atomic E-state index is 0.0713. The summed E-state index contributed by atoms with van der Waals surface area (Å²) in [6, 6.07) is 24.8. The lowest BCUT2D eigenvalue weighted by Crippen LogP contribution is -2.48. The molecular formula is C24H26N4O. The van der Waals surface area contributed by atoms with E-state index >= 15 is 0 Å². The summed E-state index contributed by atoms with van der Waals surface area (Å²) in [5.74, 6) is -0.0713. The molecule has 5 heteroatoms. The predicted molar refractivity (Wildman–Crippen MR) is 118 cm³/mol. The van der Waals surface area contributed by atoms with Crippen LogP contribution in [-0.4, -0.2) is 54.6 Å². The van der Waals surface area contributed by atoms with Gasteiger partial charge in [0.2, 0.25) is 0 Å². The number of carbonyl (C=O) groups excluding carboxylic acids is 1. The fraction of sp³-hybridized carbons (Fsp3) is 0.250. The van der Waals surface area contributed by atoms with Gasteiger partial charge in [0.25, 0.3) is 5.91 Å². The molecule has 1 aliphatic rings. The summed E-state index contributed by atoms with van der Waals surface area (Å²) in [6.07, 6.45) is 1.72. The summed E-state index contributed by atoms with van der Waals surface area (Å²) in [4.78, 5) is 16.9. The Hall–Kier alpha value is -3.02. The van der Waals surface area contributed by atoms with Crippen LogP contribution in [-0.2, 0) is 11.3 Å². The number of piperazine rings is 1. The molecule has 0 saturated carbocycles. The molecule has 0 aliphatic carbocycles. The van der Waals surface area contributed by atoms with E-state index in [0.717, 1.165) is 49.1 Å². The van der Waals surface area contributed by atoms with Crippen LogP contribution in [0.15, 0.2) is 77.9 Å². The number of nitrogens with one attached hydrogen (secondary N) is 1. The van der Waals surface area contributed by atoms with Gasteiger partial charge in [-0.2, -0.15) is 5.10 Å². The van der Waals surface area contributed by atoms with Gasteiger partial charge in [-0.3, -0.25) is 14.6 Å². The van der Waals surface area contributed by atoms with Crippen LogP contribution < -0.4 is 5.43 Å². The van der Waals surface area contributed by atoms with Crippen molar-refractivity contribution < 1.29 is 4.79 Å². The second kappa shape index (κ2) is 9.45. The molecule has 29 heavy (non-hydrogen) atoms. The van der Waals surface area contributed by atoms with Crippen molar-refractivity contribution in [3.63, 3.8) is 0 Å². The zero-order valence-corrected chi connectivity index (χ0v) is 16.5. The molecule has 0 unspecified atom stereocenters. The van der Waals surface area contributed by atoms with E-state index in [1.165, 1.54) is 5.56 Å². The first kappa shape index (κ1) is 19.3. The fourth-order valence-corrected chi connectivity index (χ4v) is 3.72. The zero-order chi connectivity index (χ0) is 19.9. The Labute approximate surface area is 171 Å². The lowest BCUT2D eigenvalue weighted by molar-refractivity contribution is -0.122. The number of amides is 1. The molecule has 0 radical (unpaired) electrons. The maximum absolute atomic E-state index is 12.3. The van der Waals surface area contributed by atoms with Crippen molar-refractivity contribution in [1.29, 1.82) is 0 Å². The molecule has 4 rings (SSSR count). The van der Waals surface area contributed by atoms with Gasteiger partial charge in [-0.15, -0.1) is 0 Å². The Morgan fingerprint density at radius 1 is 0.862 bits per heavy atom. The molecule has 3 aromatic rings. The maximum atomic E-state index is 12.3. The van der Waals surface area contributed by atoms with Gasteiger partial charge < -0.3 is 0 Å². The van der Waals surface area contributed by atoms with Crippen LogP contribution in [0.2, 0.25) is 0 Å². The van der Waals surface area contributed by atoms with E-state index in [4.69, 9.17) is 0 Å². The molecular weight excluding hydrogens is 360 g/mol. The van der Waals surface area contributed by atoms with Crippen molar-refractivity contribution in [2.24, 2.45) is 5.10 Å². The largest absolute Gasteiger partial charge is 0.297 e. The summed E-state index contributed by atoms with van der Waals surface area (Å²) >= 11 is 0. The van der Waals surface area contributed by atoms with E-state index in [1.54, 1.807) is 6.21 Å². The molecule has 1 heterocycles. The third kappa shape index (κ3) is 5.28. The minimum atomic E-state index is -0.0713. The van der Waals surface area contributed by atoms with Crippen LogP contribution in [0.25, 0.3) is 10.8 Å². The molecule has 1 amide bonds. The molecule has 1 aliphatic heterocycles. The average molecular weight is 386 g/mol. The SMILES string of the molecule is O=C(CN1CCN(Cc2ccccc2)CC1)N/N=C/c1cccc2ccccc12. The number of fused-ring (bicyclic) bond motifs is 1. The second-order valence-corrected chi connectivity index (χ2v) is 7.40. The molecule has 148 valence electrons. The van der Waals surface area contributed by atoms with Gasteiger partial charge in [-0.1, -0.05) is 72.8 Å². The molecule has 0 atom stereocenters. The van der Waals surface area contributed by atoms with Gasteiger partial charge in [0.05, 0.1) is 12.8 Å². The Balaban J connectivity index is 1.24. The van der Waals surface area contributed by atoms with Gasteiger partial charge >= 0.3 is 0 Å². The van der Waals surface area contributed by atoms with Crippen LogP contribution in [0.3, 0.4) is 0 Å². The highest BCUT2D eigenvalue weighted by Crippen LogP contribution is 2.16. The quantitative estimate of drug-likeness (QED) is 0.523. The van der Waals surface area contributed by atoms with E-state index in [-0.39, 0.29) is 5.91 Å². The topological polar surface area (TPSA) is 47.9 Å². The van der Waals surface area contributed by atoms with Gasteiger partial charge in [0.15, 0.2) is 0 Å². The van der Waals surface area contributed by atoms with E-state index in [2.05, 4.69) is 62.8 Å². The Morgan fingerprint density at radius 3 is 2.38 bits per heavy atom. The van der Waals surface area contributed by atoms with Crippen molar-refractivity contribution in [2.45, 2.75) is 6.54 Å². The van der Waals surface area contributed by atoms with Crippen LogP contribution >= 0.6 is 0 Å². The normalized spacial score (nSPS) is 15.7. The number of hydrogen-bond acceptors (Lipinski definition) is 4. The first-order valence-electron chi connectivity index (χ1n) is 10.1. The van der Waals surface area contributed by atoms with Gasteiger partial charge in [0.1, 0.15) is 0 Å². The van der Waals surface area contributed by atoms with Crippen molar-refractivity contribution in [3.8, 4) is 0 Å². The molecule has 5 nitrogen and oxygen atoms in total. The molecule has 1 saturated heterocycles. The van der Waals surface area contributed by atoms with Gasteiger partial charge in [0, 0.05) is 38.3 Å². The number of nitrogens with zero attached hydrogens (tertiary/aromatic N) is 3. The molecule has 3 aromatic carbocycles. The number of hydrazone groups is 1. The lowest BCUT2D eigenvalue weighted by atomic mass is 10.1. The van der Waals surface area contributed by atoms with Gasteiger partial charge in [-0.05, 0) is 16.3 Å². The van der Waals surface area contributed by atoms with E-state index in [1.807, 2.05) is 30.3 Å². The maximum Gasteiger partial charge on any atom is 0.254 e. The molecule has 0 aromatic heterocycles. The van der Waals surface area contributed by atoms with E-state index in [9.17, 15) is 4.79 Å². The van der Waals surface area contributed by atoms with Crippen molar-refractivity contribution in [3.05, 3.63) is 83.9 Å². The van der Waals surface area contributed by atoms with Crippen LogP contribution in [0, 0.1) is 0 Å². The second-order valence-electron chi connectivity index (χ2n) is 7.40.